The Bertz CT molecular complexity index is 879. The molecule has 27 heavy (non-hydrogen) atoms. The molecule has 1 heterocycles. The molecule has 0 spiro atoms. The molecule has 4 nitrogen and oxygen atoms in total. The van der Waals surface area contributed by atoms with Crippen LogP contribution in [0.1, 0.15) is 52.7 Å². The Morgan fingerprint density at radius 2 is 1.78 bits per heavy atom. The number of anilines is 2. The van der Waals surface area contributed by atoms with Gasteiger partial charge >= 0.3 is 0 Å². The molecule has 0 radical (unpaired) electrons. The minimum absolute atomic E-state index is 0. The third-order valence-electron chi connectivity index (χ3n) is 5.57. The highest BCUT2D eigenvalue weighted by atomic mass is 35.5. The standard InChI is InChI=1S/C22H24N2O2.ClH/c23-19-7-2-8-20-18(19)6-3-13-24(20)22(26)12-11-21(25)17-10-9-15-4-1-5-16(15)14-17;/h2,7-10,14H,1,3-6,11-13,23H2;1H. The summed E-state index contributed by atoms with van der Waals surface area (Å²) in [6, 6.07) is 11.7. The summed E-state index contributed by atoms with van der Waals surface area (Å²) in [5.74, 6) is 0.0592. The van der Waals surface area contributed by atoms with Crippen molar-refractivity contribution in [2.24, 2.45) is 0 Å². The minimum atomic E-state index is 0. The number of amides is 1. The zero-order valence-electron chi connectivity index (χ0n) is 15.4. The number of Topliss-reactive ketones (excluding diaryl/α,β-unsaturated/α-hetero) is 1. The van der Waals surface area contributed by atoms with E-state index in [0.29, 0.717) is 6.54 Å². The van der Waals surface area contributed by atoms with E-state index in [0.717, 1.165) is 48.2 Å². The first kappa shape index (κ1) is 19.4. The van der Waals surface area contributed by atoms with E-state index < -0.39 is 0 Å². The average Bonchev–Trinajstić information content (AvgIpc) is 3.13. The fourth-order valence-corrected chi connectivity index (χ4v) is 4.16. The summed E-state index contributed by atoms with van der Waals surface area (Å²) in [4.78, 5) is 27.1. The largest absolute Gasteiger partial charge is 0.398 e. The van der Waals surface area contributed by atoms with Gasteiger partial charge in [-0.15, -0.1) is 12.4 Å². The summed E-state index contributed by atoms with van der Waals surface area (Å²) in [6.45, 7) is 0.697. The zero-order valence-corrected chi connectivity index (χ0v) is 16.2. The first-order valence-corrected chi connectivity index (χ1v) is 9.46. The number of benzene rings is 2. The second-order valence-electron chi connectivity index (χ2n) is 7.25. The number of rotatable bonds is 4. The van der Waals surface area contributed by atoms with E-state index in [1.54, 1.807) is 4.90 Å². The topological polar surface area (TPSA) is 63.4 Å². The Labute approximate surface area is 166 Å². The number of hydrogen-bond donors (Lipinski definition) is 1. The van der Waals surface area contributed by atoms with Crippen molar-refractivity contribution < 1.29 is 9.59 Å². The number of carbonyl (C=O) groups is 2. The summed E-state index contributed by atoms with van der Waals surface area (Å²) in [5, 5.41) is 0. The molecule has 1 aliphatic carbocycles. The monoisotopic (exact) mass is 384 g/mol. The minimum Gasteiger partial charge on any atom is -0.398 e. The molecule has 5 heteroatoms. The van der Waals surface area contributed by atoms with Gasteiger partial charge in [-0.2, -0.15) is 0 Å². The number of halogens is 1. The van der Waals surface area contributed by atoms with Gasteiger partial charge in [0.25, 0.3) is 0 Å². The van der Waals surface area contributed by atoms with Crippen molar-refractivity contribution >= 4 is 35.5 Å². The van der Waals surface area contributed by atoms with Gasteiger partial charge in [0, 0.05) is 36.3 Å². The van der Waals surface area contributed by atoms with E-state index in [9.17, 15) is 9.59 Å². The molecule has 0 unspecified atom stereocenters. The van der Waals surface area contributed by atoms with Crippen molar-refractivity contribution in [1.29, 1.82) is 0 Å². The van der Waals surface area contributed by atoms with Gasteiger partial charge in [0.15, 0.2) is 5.78 Å². The molecule has 0 atom stereocenters. The Kier molecular flexibility index (Phi) is 5.85. The molecule has 2 N–H and O–H groups in total. The van der Waals surface area contributed by atoms with Gasteiger partial charge in [0.1, 0.15) is 0 Å². The maximum absolute atomic E-state index is 12.7. The molecule has 1 aliphatic heterocycles. The second kappa shape index (κ2) is 8.13. The number of nitrogens with two attached hydrogens (primary N) is 1. The van der Waals surface area contributed by atoms with Gasteiger partial charge in [0.05, 0.1) is 0 Å². The van der Waals surface area contributed by atoms with E-state index in [1.165, 1.54) is 17.5 Å². The Morgan fingerprint density at radius 3 is 2.63 bits per heavy atom. The molecule has 142 valence electrons. The molecular formula is C22H25ClN2O2. The number of nitrogen functional groups attached to an aromatic ring is 1. The van der Waals surface area contributed by atoms with E-state index in [-0.39, 0.29) is 36.9 Å². The smallest absolute Gasteiger partial charge is 0.227 e. The third-order valence-corrected chi connectivity index (χ3v) is 5.57. The molecule has 0 saturated heterocycles. The van der Waals surface area contributed by atoms with Crippen LogP contribution >= 0.6 is 12.4 Å². The SMILES string of the molecule is Cl.Nc1cccc2c1CCCN2C(=O)CCC(=O)c1ccc2c(c1)CCC2. The van der Waals surface area contributed by atoms with Gasteiger partial charge in [0.2, 0.25) is 5.91 Å². The number of aryl methyl sites for hydroxylation is 2. The zero-order chi connectivity index (χ0) is 18.1. The summed E-state index contributed by atoms with van der Waals surface area (Å²) in [7, 11) is 0. The lowest BCUT2D eigenvalue weighted by Gasteiger charge is -2.30. The summed E-state index contributed by atoms with van der Waals surface area (Å²) in [6.07, 6.45) is 5.64. The fraction of sp³-hybridized carbons (Fsp3) is 0.364. The number of hydrogen-bond acceptors (Lipinski definition) is 3. The molecule has 0 bridgehead atoms. The molecule has 1 amide bonds. The molecular weight excluding hydrogens is 360 g/mol. The highest BCUT2D eigenvalue weighted by molar-refractivity contribution is 6.01. The van der Waals surface area contributed by atoms with Crippen LogP contribution in [-0.4, -0.2) is 18.2 Å². The van der Waals surface area contributed by atoms with Gasteiger partial charge in [-0.1, -0.05) is 18.2 Å². The van der Waals surface area contributed by atoms with Crippen molar-refractivity contribution in [1.82, 2.24) is 0 Å². The predicted octanol–water partition coefficient (Wildman–Crippen LogP) is 4.12. The van der Waals surface area contributed by atoms with E-state index in [2.05, 4.69) is 6.07 Å². The Morgan fingerprint density at radius 1 is 0.963 bits per heavy atom. The van der Waals surface area contributed by atoms with Crippen LogP contribution in [0.3, 0.4) is 0 Å². The summed E-state index contributed by atoms with van der Waals surface area (Å²) in [5.41, 5.74) is 12.2. The number of carbonyl (C=O) groups excluding carboxylic acids is 2. The highest BCUT2D eigenvalue weighted by Crippen LogP contribution is 2.32. The number of fused-ring (bicyclic) bond motifs is 2. The van der Waals surface area contributed by atoms with Crippen LogP contribution in [0, 0.1) is 0 Å². The summed E-state index contributed by atoms with van der Waals surface area (Å²) < 4.78 is 0. The van der Waals surface area contributed by atoms with E-state index in [1.807, 2.05) is 30.3 Å². The van der Waals surface area contributed by atoms with Crippen LogP contribution in [0.25, 0.3) is 0 Å². The number of nitrogens with zero attached hydrogens (tertiary/aromatic N) is 1. The molecule has 4 rings (SSSR count). The van der Waals surface area contributed by atoms with Crippen LogP contribution in [0.2, 0.25) is 0 Å². The fourth-order valence-electron chi connectivity index (χ4n) is 4.16. The Balaban J connectivity index is 0.00000210. The van der Waals surface area contributed by atoms with E-state index in [4.69, 9.17) is 5.73 Å². The average molecular weight is 385 g/mol. The van der Waals surface area contributed by atoms with Crippen molar-refractivity contribution in [2.75, 3.05) is 17.2 Å². The second-order valence-corrected chi connectivity index (χ2v) is 7.25. The van der Waals surface area contributed by atoms with Gasteiger partial charge in [-0.3, -0.25) is 9.59 Å². The maximum Gasteiger partial charge on any atom is 0.227 e. The third kappa shape index (κ3) is 3.86. The van der Waals surface area contributed by atoms with Crippen LogP contribution in [0.15, 0.2) is 36.4 Å². The molecule has 0 aromatic heterocycles. The molecule has 2 aliphatic rings. The number of ketones is 1. The lowest BCUT2D eigenvalue weighted by Crippen LogP contribution is -2.35. The van der Waals surface area contributed by atoms with Gasteiger partial charge < -0.3 is 10.6 Å². The van der Waals surface area contributed by atoms with Crippen molar-refractivity contribution in [2.45, 2.75) is 44.9 Å². The van der Waals surface area contributed by atoms with Crippen LogP contribution in [0.4, 0.5) is 11.4 Å². The lowest BCUT2D eigenvalue weighted by molar-refractivity contribution is -0.118. The van der Waals surface area contributed by atoms with E-state index >= 15 is 0 Å². The van der Waals surface area contributed by atoms with Gasteiger partial charge in [-0.25, -0.2) is 0 Å². The maximum atomic E-state index is 12.7. The molecule has 0 fully saturated rings. The first-order chi connectivity index (χ1) is 12.6. The predicted molar refractivity (Wildman–Crippen MR) is 111 cm³/mol. The molecule has 2 aromatic rings. The Hall–Kier alpha value is -2.33. The van der Waals surface area contributed by atoms with Crippen LogP contribution < -0.4 is 10.6 Å². The summed E-state index contributed by atoms with van der Waals surface area (Å²) >= 11 is 0. The van der Waals surface area contributed by atoms with Crippen LogP contribution in [-0.2, 0) is 24.1 Å². The van der Waals surface area contributed by atoms with Gasteiger partial charge in [-0.05, 0) is 67.0 Å². The van der Waals surface area contributed by atoms with Crippen molar-refractivity contribution in [3.63, 3.8) is 0 Å². The molecule has 2 aromatic carbocycles. The molecule has 0 saturated carbocycles. The lowest BCUT2D eigenvalue weighted by atomic mass is 9.98. The van der Waals surface area contributed by atoms with Crippen molar-refractivity contribution in [3.05, 3.63) is 58.7 Å². The highest BCUT2D eigenvalue weighted by Gasteiger charge is 2.24. The van der Waals surface area contributed by atoms with Crippen molar-refractivity contribution in [3.8, 4) is 0 Å². The first-order valence-electron chi connectivity index (χ1n) is 9.46. The quantitative estimate of drug-likeness (QED) is 0.637. The normalized spacial score (nSPS) is 14.9. The van der Waals surface area contributed by atoms with Crippen LogP contribution in [0.5, 0.6) is 0 Å².